The van der Waals surface area contributed by atoms with Gasteiger partial charge in [-0.3, -0.25) is 9.80 Å². The Bertz CT molecular complexity index is 482. The SMILES string of the molecule is Cc1ccc(C(O)CN2CCC(N3CCCC3)C2)c(C)c1. The van der Waals surface area contributed by atoms with E-state index in [9.17, 15) is 5.11 Å². The van der Waals surface area contributed by atoms with E-state index >= 15 is 0 Å². The molecule has 116 valence electrons. The van der Waals surface area contributed by atoms with Crippen LogP contribution >= 0.6 is 0 Å². The number of hydrogen-bond donors (Lipinski definition) is 1. The van der Waals surface area contributed by atoms with Crippen LogP contribution in [0.4, 0.5) is 0 Å². The molecule has 1 aromatic rings. The van der Waals surface area contributed by atoms with Crippen molar-refractivity contribution in [2.24, 2.45) is 0 Å². The Balaban J connectivity index is 1.56. The van der Waals surface area contributed by atoms with Crippen LogP contribution in [0, 0.1) is 13.8 Å². The molecular weight excluding hydrogens is 260 g/mol. The number of β-amino-alcohol motifs (C(OH)–C–C–N with tert-alkyl or cyclic N) is 1. The number of hydrogen-bond acceptors (Lipinski definition) is 3. The molecular formula is C18H28N2O. The van der Waals surface area contributed by atoms with Crippen LogP contribution in [-0.2, 0) is 0 Å². The Morgan fingerprint density at radius 3 is 2.67 bits per heavy atom. The van der Waals surface area contributed by atoms with E-state index in [1.165, 1.54) is 43.5 Å². The summed E-state index contributed by atoms with van der Waals surface area (Å²) in [5.41, 5.74) is 3.56. The number of benzene rings is 1. The van der Waals surface area contributed by atoms with Gasteiger partial charge in [-0.05, 0) is 63.9 Å². The van der Waals surface area contributed by atoms with Gasteiger partial charge in [-0.15, -0.1) is 0 Å². The lowest BCUT2D eigenvalue weighted by atomic mass is 10.0. The topological polar surface area (TPSA) is 26.7 Å². The molecule has 0 spiro atoms. The maximum absolute atomic E-state index is 10.5. The maximum Gasteiger partial charge on any atom is 0.0919 e. The van der Waals surface area contributed by atoms with Gasteiger partial charge < -0.3 is 5.11 Å². The predicted molar refractivity (Wildman–Crippen MR) is 86.5 cm³/mol. The van der Waals surface area contributed by atoms with E-state index in [1.54, 1.807) is 0 Å². The van der Waals surface area contributed by atoms with Gasteiger partial charge in [0.2, 0.25) is 0 Å². The lowest BCUT2D eigenvalue weighted by Gasteiger charge is -2.25. The highest BCUT2D eigenvalue weighted by Gasteiger charge is 2.30. The summed E-state index contributed by atoms with van der Waals surface area (Å²) in [5, 5.41) is 10.5. The maximum atomic E-state index is 10.5. The molecule has 2 aliphatic heterocycles. The zero-order valence-electron chi connectivity index (χ0n) is 13.4. The highest BCUT2D eigenvalue weighted by Crippen LogP contribution is 2.24. The molecule has 21 heavy (non-hydrogen) atoms. The molecule has 0 radical (unpaired) electrons. The van der Waals surface area contributed by atoms with Gasteiger partial charge in [0.15, 0.2) is 0 Å². The molecule has 0 aromatic heterocycles. The molecule has 2 saturated heterocycles. The smallest absolute Gasteiger partial charge is 0.0919 e. The molecule has 0 aliphatic carbocycles. The minimum atomic E-state index is -0.358. The summed E-state index contributed by atoms with van der Waals surface area (Å²) in [7, 11) is 0. The van der Waals surface area contributed by atoms with Gasteiger partial charge in [0.05, 0.1) is 6.10 Å². The van der Waals surface area contributed by atoms with Gasteiger partial charge in [-0.25, -0.2) is 0 Å². The van der Waals surface area contributed by atoms with Crippen molar-refractivity contribution in [1.82, 2.24) is 9.80 Å². The van der Waals surface area contributed by atoms with Crippen molar-refractivity contribution in [1.29, 1.82) is 0 Å². The Hall–Kier alpha value is -0.900. The summed E-state index contributed by atoms with van der Waals surface area (Å²) >= 11 is 0. The van der Waals surface area contributed by atoms with Crippen LogP contribution < -0.4 is 0 Å². The van der Waals surface area contributed by atoms with Gasteiger partial charge >= 0.3 is 0 Å². The largest absolute Gasteiger partial charge is 0.387 e. The third-order valence-corrected chi connectivity index (χ3v) is 5.12. The summed E-state index contributed by atoms with van der Waals surface area (Å²) in [5.74, 6) is 0. The molecule has 2 fully saturated rings. The van der Waals surface area contributed by atoms with Crippen molar-refractivity contribution in [2.75, 3.05) is 32.7 Å². The standard InChI is InChI=1S/C18H28N2O/c1-14-5-6-17(15(2)11-14)18(21)13-19-10-7-16(12-19)20-8-3-4-9-20/h5-6,11,16,18,21H,3-4,7-10,12-13H2,1-2H3. The molecule has 0 amide bonds. The first-order valence-corrected chi connectivity index (χ1v) is 8.35. The van der Waals surface area contributed by atoms with Crippen molar-refractivity contribution in [3.63, 3.8) is 0 Å². The van der Waals surface area contributed by atoms with Crippen LogP contribution in [0.1, 0.15) is 42.1 Å². The second-order valence-electron chi connectivity index (χ2n) is 6.82. The summed E-state index contributed by atoms with van der Waals surface area (Å²) < 4.78 is 0. The van der Waals surface area contributed by atoms with Crippen LogP contribution in [-0.4, -0.2) is 53.7 Å². The quantitative estimate of drug-likeness (QED) is 0.922. The average Bonchev–Trinajstić information content (AvgIpc) is 3.08. The minimum Gasteiger partial charge on any atom is -0.387 e. The fourth-order valence-electron chi connectivity index (χ4n) is 3.93. The third kappa shape index (κ3) is 3.47. The Morgan fingerprint density at radius 1 is 1.19 bits per heavy atom. The number of aliphatic hydroxyl groups excluding tert-OH is 1. The van der Waals surface area contributed by atoms with E-state index in [0.717, 1.165) is 31.2 Å². The minimum absolute atomic E-state index is 0.358. The van der Waals surface area contributed by atoms with E-state index < -0.39 is 0 Å². The first-order chi connectivity index (χ1) is 10.1. The zero-order valence-corrected chi connectivity index (χ0v) is 13.4. The van der Waals surface area contributed by atoms with Crippen LogP contribution in [0.3, 0.4) is 0 Å². The van der Waals surface area contributed by atoms with Crippen LogP contribution in [0.5, 0.6) is 0 Å². The van der Waals surface area contributed by atoms with E-state index in [1.807, 2.05) is 0 Å². The molecule has 0 saturated carbocycles. The van der Waals surface area contributed by atoms with Crippen LogP contribution in [0.25, 0.3) is 0 Å². The van der Waals surface area contributed by atoms with Crippen molar-refractivity contribution in [2.45, 2.75) is 45.3 Å². The second-order valence-corrected chi connectivity index (χ2v) is 6.82. The fourth-order valence-corrected chi connectivity index (χ4v) is 3.93. The van der Waals surface area contributed by atoms with Gasteiger partial charge in [0, 0.05) is 19.1 Å². The van der Waals surface area contributed by atoms with Gasteiger partial charge in [-0.1, -0.05) is 23.8 Å². The van der Waals surface area contributed by atoms with Crippen LogP contribution in [0.15, 0.2) is 18.2 Å². The van der Waals surface area contributed by atoms with Crippen molar-refractivity contribution in [3.05, 3.63) is 34.9 Å². The molecule has 3 nitrogen and oxygen atoms in total. The van der Waals surface area contributed by atoms with E-state index in [2.05, 4.69) is 41.8 Å². The average molecular weight is 288 g/mol. The van der Waals surface area contributed by atoms with Gasteiger partial charge in [0.1, 0.15) is 0 Å². The van der Waals surface area contributed by atoms with Crippen molar-refractivity contribution < 1.29 is 5.11 Å². The van der Waals surface area contributed by atoms with E-state index in [0.29, 0.717) is 0 Å². The third-order valence-electron chi connectivity index (χ3n) is 5.12. The van der Waals surface area contributed by atoms with E-state index in [4.69, 9.17) is 0 Å². The van der Waals surface area contributed by atoms with Crippen LogP contribution in [0.2, 0.25) is 0 Å². The normalized spacial score (nSPS) is 25.6. The van der Waals surface area contributed by atoms with Crippen molar-refractivity contribution >= 4 is 0 Å². The molecule has 2 atom stereocenters. The number of likely N-dealkylation sites (tertiary alicyclic amines) is 2. The molecule has 2 aliphatic rings. The summed E-state index contributed by atoms with van der Waals surface area (Å²) in [4.78, 5) is 5.08. The highest BCUT2D eigenvalue weighted by atomic mass is 16.3. The monoisotopic (exact) mass is 288 g/mol. The van der Waals surface area contributed by atoms with Gasteiger partial charge in [0.25, 0.3) is 0 Å². The highest BCUT2D eigenvalue weighted by molar-refractivity contribution is 5.32. The number of nitrogens with zero attached hydrogens (tertiary/aromatic N) is 2. The zero-order chi connectivity index (χ0) is 14.8. The molecule has 1 aromatic carbocycles. The molecule has 3 heteroatoms. The Labute approximate surface area is 128 Å². The Kier molecular flexibility index (Phi) is 4.63. The predicted octanol–water partition coefficient (Wildman–Crippen LogP) is 2.51. The molecule has 0 bridgehead atoms. The molecule has 3 rings (SSSR count). The number of aryl methyl sites for hydroxylation is 2. The lowest BCUT2D eigenvalue weighted by molar-refractivity contribution is 0.120. The van der Waals surface area contributed by atoms with Crippen molar-refractivity contribution in [3.8, 4) is 0 Å². The number of rotatable bonds is 4. The molecule has 2 heterocycles. The summed E-state index contributed by atoms with van der Waals surface area (Å²) in [6, 6.07) is 7.07. The first kappa shape index (κ1) is 15.0. The molecule has 1 N–H and O–H groups in total. The summed E-state index contributed by atoms with van der Waals surface area (Å²) in [6.45, 7) is 9.78. The first-order valence-electron chi connectivity index (χ1n) is 8.35. The summed E-state index contributed by atoms with van der Waals surface area (Å²) in [6.07, 6.45) is 3.63. The number of aliphatic hydroxyl groups is 1. The molecule has 2 unspecified atom stereocenters. The second kappa shape index (κ2) is 6.47. The fraction of sp³-hybridized carbons (Fsp3) is 0.667. The van der Waals surface area contributed by atoms with E-state index in [-0.39, 0.29) is 6.10 Å². The Morgan fingerprint density at radius 2 is 1.95 bits per heavy atom. The lowest BCUT2D eigenvalue weighted by Crippen LogP contribution is -2.36. The van der Waals surface area contributed by atoms with Gasteiger partial charge in [-0.2, -0.15) is 0 Å².